The van der Waals surface area contributed by atoms with E-state index in [1.165, 1.54) is 29.5 Å². The molecule has 0 saturated heterocycles. The van der Waals surface area contributed by atoms with Crippen molar-refractivity contribution >= 4 is 34.1 Å². The molecule has 2 heterocycles. The number of carbonyl (C=O) groups is 2. The Morgan fingerprint density at radius 1 is 1.15 bits per heavy atom. The number of thiophene rings is 1. The van der Waals surface area contributed by atoms with Gasteiger partial charge in [0, 0.05) is 34.4 Å². The first-order valence-electron chi connectivity index (χ1n) is 7.93. The molecule has 0 aliphatic carbocycles. The van der Waals surface area contributed by atoms with Crippen LogP contribution >= 0.6 is 11.3 Å². The van der Waals surface area contributed by atoms with Crippen LogP contribution in [0.25, 0.3) is 11.0 Å². The molecule has 0 fully saturated rings. The highest BCUT2D eigenvalue weighted by atomic mass is 32.1. The van der Waals surface area contributed by atoms with Crippen LogP contribution in [0, 0.1) is 6.92 Å². The van der Waals surface area contributed by atoms with E-state index >= 15 is 0 Å². The number of phenols is 1. The van der Waals surface area contributed by atoms with E-state index in [-0.39, 0.29) is 36.6 Å². The summed E-state index contributed by atoms with van der Waals surface area (Å²) >= 11 is 1.39. The van der Waals surface area contributed by atoms with Crippen LogP contribution in [-0.2, 0) is 16.1 Å². The molecule has 134 valence electrons. The Labute approximate surface area is 152 Å². The van der Waals surface area contributed by atoms with Gasteiger partial charge in [-0.25, -0.2) is 4.79 Å². The van der Waals surface area contributed by atoms with Gasteiger partial charge in [0.1, 0.15) is 17.9 Å². The third kappa shape index (κ3) is 4.18. The van der Waals surface area contributed by atoms with Gasteiger partial charge in [0.05, 0.1) is 11.3 Å². The highest BCUT2D eigenvalue weighted by molar-refractivity contribution is 7.14. The van der Waals surface area contributed by atoms with E-state index in [4.69, 9.17) is 9.15 Å². The molecule has 0 amide bonds. The molecule has 0 aliphatic heterocycles. The Kier molecular flexibility index (Phi) is 5.18. The van der Waals surface area contributed by atoms with Crippen molar-refractivity contribution in [1.82, 2.24) is 0 Å². The zero-order valence-corrected chi connectivity index (χ0v) is 14.8. The molecule has 0 spiro atoms. The standard InChI is InChI=1S/C19H16O6S/c1-11-2-6-17(26-11)15(21)5-7-18(22)24-10-12-8-19(23)25-16-9-13(20)3-4-14(12)16/h2-4,6,8-9,20H,5,7,10H2,1H3. The van der Waals surface area contributed by atoms with E-state index in [0.717, 1.165) is 4.88 Å². The molecule has 0 atom stereocenters. The molecule has 0 unspecified atom stereocenters. The maximum absolute atomic E-state index is 12.0. The summed E-state index contributed by atoms with van der Waals surface area (Å²) in [7, 11) is 0. The Balaban J connectivity index is 1.62. The van der Waals surface area contributed by atoms with Crippen molar-refractivity contribution in [3.63, 3.8) is 0 Å². The number of benzene rings is 1. The lowest BCUT2D eigenvalue weighted by Gasteiger charge is -2.07. The number of fused-ring (bicyclic) bond motifs is 1. The maximum Gasteiger partial charge on any atom is 0.336 e. The minimum Gasteiger partial charge on any atom is -0.508 e. The van der Waals surface area contributed by atoms with E-state index in [1.807, 2.05) is 13.0 Å². The molecule has 0 radical (unpaired) electrons. The minimum atomic E-state index is -0.600. The Morgan fingerprint density at radius 2 is 1.96 bits per heavy atom. The summed E-state index contributed by atoms with van der Waals surface area (Å²) in [5.74, 6) is -0.648. The van der Waals surface area contributed by atoms with Crippen molar-refractivity contribution in [2.24, 2.45) is 0 Å². The van der Waals surface area contributed by atoms with Gasteiger partial charge in [0.25, 0.3) is 0 Å². The van der Waals surface area contributed by atoms with Gasteiger partial charge in [-0.15, -0.1) is 11.3 Å². The highest BCUT2D eigenvalue weighted by Crippen LogP contribution is 2.22. The second-order valence-electron chi connectivity index (χ2n) is 5.77. The number of ether oxygens (including phenoxy) is 1. The molecule has 2 aromatic heterocycles. The van der Waals surface area contributed by atoms with E-state index < -0.39 is 11.6 Å². The van der Waals surface area contributed by atoms with Crippen LogP contribution < -0.4 is 5.63 Å². The highest BCUT2D eigenvalue weighted by Gasteiger charge is 2.13. The lowest BCUT2D eigenvalue weighted by Crippen LogP contribution is -2.09. The molecule has 0 saturated carbocycles. The molecule has 1 aromatic carbocycles. The van der Waals surface area contributed by atoms with Crippen molar-refractivity contribution in [3.8, 4) is 5.75 Å². The topological polar surface area (TPSA) is 93.8 Å². The number of aromatic hydroxyl groups is 1. The minimum absolute atomic E-state index is 0.0304. The van der Waals surface area contributed by atoms with Crippen LogP contribution in [0.5, 0.6) is 5.75 Å². The summed E-state index contributed by atoms with van der Waals surface area (Å²) in [6.45, 7) is 1.80. The molecular formula is C19H16O6S. The maximum atomic E-state index is 12.0. The molecule has 26 heavy (non-hydrogen) atoms. The number of carbonyl (C=O) groups excluding carboxylic acids is 2. The third-order valence-corrected chi connectivity index (χ3v) is 4.82. The van der Waals surface area contributed by atoms with E-state index in [0.29, 0.717) is 15.8 Å². The Morgan fingerprint density at radius 3 is 2.69 bits per heavy atom. The smallest absolute Gasteiger partial charge is 0.336 e. The molecular weight excluding hydrogens is 356 g/mol. The molecule has 7 heteroatoms. The summed E-state index contributed by atoms with van der Waals surface area (Å²) in [5, 5.41) is 10.0. The normalized spacial score (nSPS) is 10.8. The number of phenolic OH excluding ortho intramolecular Hbond substituents is 1. The number of ketones is 1. The van der Waals surface area contributed by atoms with Crippen LogP contribution in [0.4, 0.5) is 0 Å². The van der Waals surface area contributed by atoms with E-state index in [2.05, 4.69) is 0 Å². The number of aryl methyl sites for hydroxylation is 1. The fourth-order valence-electron chi connectivity index (χ4n) is 2.49. The zero-order chi connectivity index (χ0) is 18.7. The molecule has 0 bridgehead atoms. The lowest BCUT2D eigenvalue weighted by atomic mass is 10.1. The van der Waals surface area contributed by atoms with Gasteiger partial charge in [0.15, 0.2) is 5.78 Å². The summed E-state index contributed by atoms with van der Waals surface area (Å²) in [4.78, 5) is 37.2. The Hall–Kier alpha value is -2.93. The van der Waals surface area contributed by atoms with Crippen LogP contribution in [0.2, 0.25) is 0 Å². The molecule has 1 N–H and O–H groups in total. The SMILES string of the molecule is Cc1ccc(C(=O)CCC(=O)OCc2cc(=O)oc3cc(O)ccc23)s1. The quantitative estimate of drug-likeness (QED) is 0.404. The largest absolute Gasteiger partial charge is 0.508 e. The van der Waals surface area contributed by atoms with Gasteiger partial charge in [-0.1, -0.05) is 0 Å². The number of esters is 1. The predicted molar refractivity (Wildman–Crippen MR) is 96.6 cm³/mol. The predicted octanol–water partition coefficient (Wildman–Crippen LogP) is 3.57. The molecule has 6 nitrogen and oxygen atoms in total. The average Bonchev–Trinajstić information content (AvgIpc) is 3.03. The summed E-state index contributed by atoms with van der Waals surface area (Å²) < 4.78 is 10.2. The molecule has 3 rings (SSSR count). The molecule has 0 aliphatic rings. The second-order valence-corrected chi connectivity index (χ2v) is 7.05. The number of hydrogen-bond acceptors (Lipinski definition) is 7. The van der Waals surface area contributed by atoms with Gasteiger partial charge >= 0.3 is 11.6 Å². The van der Waals surface area contributed by atoms with Crippen LogP contribution in [0.15, 0.2) is 45.6 Å². The summed E-state index contributed by atoms with van der Waals surface area (Å²) in [6.07, 6.45) is 0.0419. The fraction of sp³-hybridized carbons (Fsp3) is 0.211. The van der Waals surface area contributed by atoms with Gasteiger partial charge in [0.2, 0.25) is 0 Å². The third-order valence-electron chi connectivity index (χ3n) is 3.77. The van der Waals surface area contributed by atoms with Crippen LogP contribution in [0.3, 0.4) is 0 Å². The van der Waals surface area contributed by atoms with Gasteiger partial charge in [-0.05, 0) is 31.2 Å². The first-order valence-corrected chi connectivity index (χ1v) is 8.75. The average molecular weight is 372 g/mol. The lowest BCUT2D eigenvalue weighted by molar-refractivity contribution is -0.144. The Bertz CT molecular complexity index is 1030. The van der Waals surface area contributed by atoms with Crippen molar-refractivity contribution in [2.75, 3.05) is 0 Å². The van der Waals surface area contributed by atoms with Crippen LogP contribution in [0.1, 0.15) is 33.0 Å². The van der Waals surface area contributed by atoms with Crippen molar-refractivity contribution in [2.45, 2.75) is 26.4 Å². The number of Topliss-reactive ketones (excluding diaryl/α,β-unsaturated/α-hetero) is 1. The first kappa shape index (κ1) is 17.9. The number of rotatable bonds is 6. The first-order chi connectivity index (χ1) is 12.4. The van der Waals surface area contributed by atoms with Gasteiger partial charge < -0.3 is 14.3 Å². The van der Waals surface area contributed by atoms with Crippen molar-refractivity contribution in [1.29, 1.82) is 0 Å². The van der Waals surface area contributed by atoms with E-state index in [1.54, 1.807) is 12.1 Å². The van der Waals surface area contributed by atoms with E-state index in [9.17, 15) is 19.5 Å². The second kappa shape index (κ2) is 7.53. The van der Waals surface area contributed by atoms with Crippen LogP contribution in [-0.4, -0.2) is 16.9 Å². The summed E-state index contributed by atoms with van der Waals surface area (Å²) in [5.41, 5.74) is 0.0917. The number of hydrogen-bond donors (Lipinski definition) is 1. The zero-order valence-electron chi connectivity index (χ0n) is 14.0. The monoisotopic (exact) mass is 372 g/mol. The van der Waals surface area contributed by atoms with Crippen molar-refractivity contribution in [3.05, 3.63) is 62.1 Å². The van der Waals surface area contributed by atoms with Gasteiger partial charge in [-0.3, -0.25) is 9.59 Å². The molecule has 3 aromatic rings. The summed E-state index contributed by atoms with van der Waals surface area (Å²) in [6, 6.07) is 9.21. The fourth-order valence-corrected chi connectivity index (χ4v) is 3.33. The van der Waals surface area contributed by atoms with Gasteiger partial charge in [-0.2, -0.15) is 0 Å². The van der Waals surface area contributed by atoms with Crippen molar-refractivity contribution < 1.29 is 23.8 Å².